The van der Waals surface area contributed by atoms with E-state index in [9.17, 15) is 4.79 Å². The topological polar surface area (TPSA) is 59.8 Å². The van der Waals surface area contributed by atoms with Gasteiger partial charge in [-0.2, -0.15) is 0 Å². The minimum atomic E-state index is -0.000671. The van der Waals surface area contributed by atoms with Crippen molar-refractivity contribution < 1.29 is 4.79 Å². The summed E-state index contributed by atoms with van der Waals surface area (Å²) in [6.45, 7) is 4.08. The lowest BCUT2D eigenvalue weighted by Crippen LogP contribution is -2.22. The number of aromatic nitrogens is 3. The van der Waals surface area contributed by atoms with Crippen LogP contribution in [0.2, 0.25) is 10.0 Å². The van der Waals surface area contributed by atoms with E-state index in [0.29, 0.717) is 41.6 Å². The SMILES string of the molecule is C=CCNC(=O)CCCc1nnc(SCc2cccc(Cl)c2)n1-c1cccc(Cl)c1. The van der Waals surface area contributed by atoms with Crippen LogP contribution in [0.25, 0.3) is 5.69 Å². The Morgan fingerprint density at radius 1 is 1.13 bits per heavy atom. The zero-order chi connectivity index (χ0) is 21.3. The van der Waals surface area contributed by atoms with E-state index in [1.54, 1.807) is 17.8 Å². The first-order chi connectivity index (χ1) is 14.6. The standard InChI is InChI=1S/C22H22Cl2N4OS/c1-2-12-25-21(29)11-5-10-20-26-27-22(28(20)19-9-4-8-18(24)14-19)30-15-16-6-3-7-17(23)13-16/h2-4,6-9,13-14H,1,5,10-12,15H2,(H,25,29). The van der Waals surface area contributed by atoms with Gasteiger partial charge in [-0.3, -0.25) is 9.36 Å². The summed E-state index contributed by atoms with van der Waals surface area (Å²) in [7, 11) is 0. The number of rotatable bonds is 10. The van der Waals surface area contributed by atoms with Crippen molar-refractivity contribution in [1.82, 2.24) is 20.1 Å². The second-order valence-electron chi connectivity index (χ2n) is 6.58. The quantitative estimate of drug-likeness (QED) is 0.320. The van der Waals surface area contributed by atoms with Gasteiger partial charge < -0.3 is 5.32 Å². The molecule has 156 valence electrons. The third-order valence-corrected chi connectivity index (χ3v) is 5.74. The molecule has 0 aliphatic carbocycles. The van der Waals surface area contributed by atoms with Crippen LogP contribution < -0.4 is 5.32 Å². The van der Waals surface area contributed by atoms with Crippen LogP contribution in [0, 0.1) is 0 Å². The summed E-state index contributed by atoms with van der Waals surface area (Å²) in [6.07, 6.45) is 3.37. The molecule has 1 heterocycles. The second kappa shape index (κ2) is 11.2. The lowest BCUT2D eigenvalue weighted by atomic mass is 10.2. The third-order valence-electron chi connectivity index (χ3n) is 4.27. The highest BCUT2D eigenvalue weighted by Gasteiger charge is 2.15. The van der Waals surface area contributed by atoms with Crippen molar-refractivity contribution in [2.75, 3.05) is 6.54 Å². The minimum absolute atomic E-state index is 0.000671. The van der Waals surface area contributed by atoms with E-state index in [0.717, 1.165) is 22.2 Å². The molecule has 5 nitrogen and oxygen atoms in total. The number of carbonyl (C=O) groups excluding carboxylic acids is 1. The summed E-state index contributed by atoms with van der Waals surface area (Å²) in [5.74, 6) is 1.50. The van der Waals surface area contributed by atoms with Crippen LogP contribution in [0.15, 0.2) is 66.3 Å². The van der Waals surface area contributed by atoms with Crippen LogP contribution in [0.1, 0.15) is 24.2 Å². The van der Waals surface area contributed by atoms with Gasteiger partial charge in [0.1, 0.15) is 5.82 Å². The minimum Gasteiger partial charge on any atom is -0.353 e. The molecule has 2 aromatic carbocycles. The summed E-state index contributed by atoms with van der Waals surface area (Å²) in [6, 6.07) is 15.3. The van der Waals surface area contributed by atoms with E-state index in [1.165, 1.54) is 0 Å². The Bertz CT molecular complexity index is 1020. The van der Waals surface area contributed by atoms with E-state index in [-0.39, 0.29) is 5.91 Å². The average molecular weight is 461 g/mol. The maximum atomic E-state index is 11.8. The molecule has 1 amide bonds. The highest BCUT2D eigenvalue weighted by molar-refractivity contribution is 7.98. The lowest BCUT2D eigenvalue weighted by Gasteiger charge is -2.11. The number of carbonyl (C=O) groups is 1. The molecule has 0 unspecified atom stereocenters. The number of amides is 1. The van der Waals surface area contributed by atoms with Crippen LogP contribution in [-0.2, 0) is 17.0 Å². The number of halogens is 2. The van der Waals surface area contributed by atoms with Crippen LogP contribution >= 0.6 is 35.0 Å². The zero-order valence-corrected chi connectivity index (χ0v) is 18.7. The molecule has 3 aromatic rings. The zero-order valence-electron chi connectivity index (χ0n) is 16.4. The van der Waals surface area contributed by atoms with Crippen molar-refractivity contribution >= 4 is 40.9 Å². The maximum Gasteiger partial charge on any atom is 0.220 e. The number of thioether (sulfide) groups is 1. The smallest absolute Gasteiger partial charge is 0.220 e. The number of nitrogens with one attached hydrogen (secondary N) is 1. The molecule has 1 aromatic heterocycles. The van der Waals surface area contributed by atoms with Crippen LogP contribution in [0.3, 0.4) is 0 Å². The van der Waals surface area contributed by atoms with Crippen LogP contribution in [-0.4, -0.2) is 27.2 Å². The Labute approximate surface area is 190 Å². The largest absolute Gasteiger partial charge is 0.353 e. The summed E-state index contributed by atoms with van der Waals surface area (Å²) in [5, 5.41) is 13.7. The maximum absolute atomic E-state index is 11.8. The molecule has 0 bridgehead atoms. The Balaban J connectivity index is 1.77. The van der Waals surface area contributed by atoms with Gasteiger partial charge in [0.2, 0.25) is 5.91 Å². The average Bonchev–Trinajstić information content (AvgIpc) is 3.13. The van der Waals surface area contributed by atoms with Gasteiger partial charge in [-0.15, -0.1) is 16.8 Å². The molecule has 3 rings (SSSR count). The van der Waals surface area contributed by atoms with Gasteiger partial charge in [0, 0.05) is 35.2 Å². The molecule has 30 heavy (non-hydrogen) atoms. The van der Waals surface area contributed by atoms with E-state index in [2.05, 4.69) is 22.1 Å². The normalized spacial score (nSPS) is 10.7. The molecular weight excluding hydrogens is 439 g/mol. The van der Waals surface area contributed by atoms with Crippen molar-refractivity contribution in [3.05, 3.63) is 82.6 Å². The molecule has 0 atom stereocenters. The van der Waals surface area contributed by atoms with Gasteiger partial charge in [-0.05, 0) is 42.3 Å². The molecule has 8 heteroatoms. The summed E-state index contributed by atoms with van der Waals surface area (Å²) in [4.78, 5) is 11.8. The fraction of sp³-hybridized carbons (Fsp3) is 0.227. The molecule has 0 radical (unpaired) electrons. The van der Waals surface area contributed by atoms with E-state index in [1.807, 2.05) is 53.1 Å². The van der Waals surface area contributed by atoms with Crippen molar-refractivity contribution in [3.63, 3.8) is 0 Å². The number of nitrogens with zero attached hydrogens (tertiary/aromatic N) is 3. The van der Waals surface area contributed by atoms with Crippen LogP contribution in [0.4, 0.5) is 0 Å². The molecule has 0 aliphatic heterocycles. The molecule has 0 aliphatic rings. The Kier molecular flexibility index (Phi) is 8.37. The lowest BCUT2D eigenvalue weighted by molar-refractivity contribution is -0.120. The Morgan fingerprint density at radius 3 is 2.63 bits per heavy atom. The Hall–Kier alpha value is -2.28. The molecule has 0 saturated heterocycles. The van der Waals surface area contributed by atoms with E-state index in [4.69, 9.17) is 23.2 Å². The van der Waals surface area contributed by atoms with Gasteiger partial charge in [-0.25, -0.2) is 0 Å². The fourth-order valence-electron chi connectivity index (χ4n) is 2.89. The number of benzene rings is 2. The first-order valence-electron chi connectivity index (χ1n) is 9.52. The highest BCUT2D eigenvalue weighted by Crippen LogP contribution is 2.27. The number of hydrogen-bond acceptors (Lipinski definition) is 4. The van der Waals surface area contributed by atoms with Crippen molar-refractivity contribution in [2.45, 2.75) is 30.2 Å². The van der Waals surface area contributed by atoms with Crippen molar-refractivity contribution in [3.8, 4) is 5.69 Å². The summed E-state index contributed by atoms with van der Waals surface area (Å²) >= 11 is 13.9. The molecular formula is C22H22Cl2N4OS. The molecule has 0 fully saturated rings. The number of aryl methyl sites for hydroxylation is 1. The van der Waals surface area contributed by atoms with E-state index < -0.39 is 0 Å². The molecule has 0 saturated carbocycles. The highest BCUT2D eigenvalue weighted by atomic mass is 35.5. The monoisotopic (exact) mass is 460 g/mol. The van der Waals surface area contributed by atoms with Gasteiger partial charge in [0.15, 0.2) is 5.16 Å². The van der Waals surface area contributed by atoms with Gasteiger partial charge in [0.25, 0.3) is 0 Å². The number of hydrogen-bond donors (Lipinski definition) is 1. The van der Waals surface area contributed by atoms with Gasteiger partial charge >= 0.3 is 0 Å². The summed E-state index contributed by atoms with van der Waals surface area (Å²) < 4.78 is 2.00. The predicted molar refractivity (Wildman–Crippen MR) is 124 cm³/mol. The third kappa shape index (κ3) is 6.36. The van der Waals surface area contributed by atoms with E-state index >= 15 is 0 Å². The fourth-order valence-corrected chi connectivity index (χ4v) is 4.20. The second-order valence-corrected chi connectivity index (χ2v) is 8.39. The van der Waals surface area contributed by atoms with Gasteiger partial charge in [0.05, 0.1) is 5.69 Å². The van der Waals surface area contributed by atoms with Gasteiger partial charge in [-0.1, -0.05) is 59.2 Å². The summed E-state index contributed by atoms with van der Waals surface area (Å²) in [5.41, 5.74) is 2.00. The Morgan fingerprint density at radius 2 is 1.90 bits per heavy atom. The first kappa shape index (κ1) is 22.4. The van der Waals surface area contributed by atoms with Crippen LogP contribution in [0.5, 0.6) is 0 Å². The van der Waals surface area contributed by atoms with Crippen molar-refractivity contribution in [2.24, 2.45) is 0 Å². The van der Waals surface area contributed by atoms with Crippen molar-refractivity contribution in [1.29, 1.82) is 0 Å². The molecule has 1 N–H and O–H groups in total. The predicted octanol–water partition coefficient (Wildman–Crippen LogP) is 5.49. The first-order valence-corrected chi connectivity index (χ1v) is 11.3. The molecule has 0 spiro atoms.